The minimum absolute atomic E-state index is 0.0545. The Morgan fingerprint density at radius 1 is 1.47 bits per heavy atom. The largest absolute Gasteiger partial charge is 0.483 e. The van der Waals surface area contributed by atoms with Gasteiger partial charge in [-0.3, -0.25) is 14.9 Å². The Morgan fingerprint density at radius 3 is 2.74 bits per heavy atom. The molecule has 6 nitrogen and oxygen atoms in total. The quantitative estimate of drug-likeness (QED) is 0.449. The van der Waals surface area contributed by atoms with Gasteiger partial charge in [-0.15, -0.1) is 0 Å². The zero-order chi connectivity index (χ0) is 14.4. The van der Waals surface area contributed by atoms with E-state index in [4.69, 9.17) is 9.47 Å². The lowest BCUT2D eigenvalue weighted by atomic mass is 10.2. The molecule has 1 aromatic rings. The summed E-state index contributed by atoms with van der Waals surface area (Å²) in [6, 6.07) is 4.61. The molecule has 19 heavy (non-hydrogen) atoms. The second kappa shape index (κ2) is 6.72. The van der Waals surface area contributed by atoms with Crippen LogP contribution in [-0.2, 0) is 9.53 Å². The molecule has 0 spiro atoms. The number of hydrogen-bond acceptors (Lipinski definition) is 5. The van der Waals surface area contributed by atoms with Crippen molar-refractivity contribution in [3.8, 4) is 5.75 Å². The summed E-state index contributed by atoms with van der Waals surface area (Å²) >= 11 is 0. The van der Waals surface area contributed by atoms with Crippen LogP contribution in [0.5, 0.6) is 5.75 Å². The lowest BCUT2D eigenvalue weighted by molar-refractivity contribution is -0.386. The third kappa shape index (κ3) is 4.57. The van der Waals surface area contributed by atoms with Crippen LogP contribution in [0.25, 0.3) is 0 Å². The van der Waals surface area contributed by atoms with E-state index in [9.17, 15) is 14.9 Å². The normalized spacial score (nSPS) is 11.7. The fraction of sp³-hybridized carbons (Fsp3) is 0.462. The first kappa shape index (κ1) is 14.9. The van der Waals surface area contributed by atoms with Crippen LogP contribution >= 0.6 is 0 Å². The summed E-state index contributed by atoms with van der Waals surface area (Å²) in [4.78, 5) is 21.7. The molecule has 1 rings (SSSR count). The maximum Gasteiger partial charge on any atom is 0.310 e. The highest BCUT2D eigenvalue weighted by molar-refractivity contribution is 5.70. The van der Waals surface area contributed by atoms with Crippen LogP contribution in [0.1, 0.15) is 25.8 Å². The van der Waals surface area contributed by atoms with Gasteiger partial charge in [-0.25, -0.2) is 0 Å². The molecule has 0 aliphatic carbocycles. The summed E-state index contributed by atoms with van der Waals surface area (Å²) in [5.41, 5.74) is 0.741. The molecule has 0 heterocycles. The van der Waals surface area contributed by atoms with Gasteiger partial charge < -0.3 is 9.47 Å². The highest BCUT2D eigenvalue weighted by atomic mass is 16.6. The van der Waals surface area contributed by atoms with E-state index < -0.39 is 11.0 Å². The number of nitro benzene ring substituents is 1. The Hall–Kier alpha value is -2.11. The van der Waals surface area contributed by atoms with Crippen LogP contribution in [0.2, 0.25) is 0 Å². The fourth-order valence-electron chi connectivity index (χ4n) is 1.58. The predicted octanol–water partition coefficient (Wildman–Crippen LogP) is 2.62. The Balaban J connectivity index is 2.78. The topological polar surface area (TPSA) is 78.7 Å². The monoisotopic (exact) mass is 267 g/mol. The molecule has 6 heteroatoms. The molecular formula is C13H17NO5. The second-order valence-corrected chi connectivity index (χ2v) is 4.17. The van der Waals surface area contributed by atoms with Crippen molar-refractivity contribution in [2.24, 2.45) is 0 Å². The average Bonchev–Trinajstić information content (AvgIpc) is 2.28. The smallest absolute Gasteiger partial charge is 0.310 e. The van der Waals surface area contributed by atoms with Crippen LogP contribution < -0.4 is 4.74 Å². The molecule has 1 aromatic carbocycles. The molecule has 0 fully saturated rings. The van der Waals surface area contributed by atoms with E-state index in [0.717, 1.165) is 5.56 Å². The lowest BCUT2D eigenvalue weighted by Gasteiger charge is -2.14. The van der Waals surface area contributed by atoms with Crippen molar-refractivity contribution in [2.75, 3.05) is 6.61 Å². The van der Waals surface area contributed by atoms with Crippen LogP contribution in [0.4, 0.5) is 5.69 Å². The number of nitro groups is 1. The van der Waals surface area contributed by atoms with Crippen molar-refractivity contribution in [3.05, 3.63) is 33.9 Å². The summed E-state index contributed by atoms with van der Waals surface area (Å²) in [6.07, 6.45) is -0.432. The molecule has 1 atom stereocenters. The first-order valence-corrected chi connectivity index (χ1v) is 6.01. The third-order valence-corrected chi connectivity index (χ3v) is 2.40. The summed E-state index contributed by atoms with van der Waals surface area (Å²) in [6.45, 7) is 5.50. The van der Waals surface area contributed by atoms with Crippen molar-refractivity contribution in [1.82, 2.24) is 0 Å². The first-order valence-electron chi connectivity index (χ1n) is 6.01. The number of aryl methyl sites for hydroxylation is 1. The van der Waals surface area contributed by atoms with E-state index in [2.05, 4.69) is 0 Å². The molecule has 0 aromatic heterocycles. The van der Waals surface area contributed by atoms with Gasteiger partial charge in [0, 0.05) is 6.07 Å². The molecular weight excluding hydrogens is 250 g/mol. The molecule has 0 amide bonds. The van der Waals surface area contributed by atoms with Gasteiger partial charge in [-0.05, 0) is 32.4 Å². The Kier molecular flexibility index (Phi) is 5.29. The van der Waals surface area contributed by atoms with Gasteiger partial charge in [-0.1, -0.05) is 6.07 Å². The summed E-state index contributed by atoms with van der Waals surface area (Å²) in [7, 11) is 0. The van der Waals surface area contributed by atoms with Gasteiger partial charge in [0.15, 0.2) is 5.75 Å². The summed E-state index contributed by atoms with van der Waals surface area (Å²) in [5, 5.41) is 10.9. The van der Waals surface area contributed by atoms with Crippen LogP contribution in [0.3, 0.4) is 0 Å². The highest BCUT2D eigenvalue weighted by Crippen LogP contribution is 2.29. The number of carbonyl (C=O) groups is 1. The van der Waals surface area contributed by atoms with E-state index in [-0.39, 0.29) is 23.8 Å². The van der Waals surface area contributed by atoms with Gasteiger partial charge in [0.05, 0.1) is 18.0 Å². The molecule has 0 aliphatic heterocycles. The van der Waals surface area contributed by atoms with Gasteiger partial charge in [0.1, 0.15) is 6.10 Å². The van der Waals surface area contributed by atoms with Crippen LogP contribution in [-0.4, -0.2) is 23.6 Å². The zero-order valence-corrected chi connectivity index (χ0v) is 11.2. The Bertz CT molecular complexity index is 472. The van der Waals surface area contributed by atoms with Crippen molar-refractivity contribution in [3.63, 3.8) is 0 Å². The van der Waals surface area contributed by atoms with Gasteiger partial charge in [0.25, 0.3) is 0 Å². The molecule has 0 aliphatic rings. The lowest BCUT2D eigenvalue weighted by Crippen LogP contribution is -2.19. The average molecular weight is 267 g/mol. The predicted molar refractivity (Wildman–Crippen MR) is 69.2 cm³/mol. The maximum atomic E-state index is 11.3. The van der Waals surface area contributed by atoms with Crippen molar-refractivity contribution in [2.45, 2.75) is 33.3 Å². The Morgan fingerprint density at radius 2 is 2.16 bits per heavy atom. The standard InChI is InChI=1S/C13H17NO5/c1-4-18-13(15)8-10(3)19-12-7-9(2)5-6-11(12)14(16)17/h5-7,10H,4,8H2,1-3H3. The molecule has 104 valence electrons. The number of nitrogens with zero attached hydrogens (tertiary/aromatic N) is 1. The van der Waals surface area contributed by atoms with Crippen molar-refractivity contribution >= 4 is 11.7 Å². The number of benzene rings is 1. The van der Waals surface area contributed by atoms with E-state index in [0.29, 0.717) is 6.61 Å². The molecule has 0 radical (unpaired) electrons. The van der Waals surface area contributed by atoms with Crippen LogP contribution in [0.15, 0.2) is 18.2 Å². The SMILES string of the molecule is CCOC(=O)CC(C)Oc1cc(C)ccc1[N+](=O)[O-]. The summed E-state index contributed by atoms with van der Waals surface area (Å²) < 4.78 is 10.3. The third-order valence-electron chi connectivity index (χ3n) is 2.40. The number of esters is 1. The number of carbonyl (C=O) groups excluding carboxylic acids is 1. The number of ether oxygens (including phenoxy) is 2. The van der Waals surface area contributed by atoms with Crippen LogP contribution in [0, 0.1) is 17.0 Å². The van der Waals surface area contributed by atoms with E-state index in [1.165, 1.54) is 6.07 Å². The number of hydrogen-bond donors (Lipinski definition) is 0. The maximum absolute atomic E-state index is 11.3. The van der Waals surface area contributed by atoms with Crippen molar-refractivity contribution < 1.29 is 19.2 Å². The molecule has 0 saturated carbocycles. The second-order valence-electron chi connectivity index (χ2n) is 4.17. The molecule has 1 unspecified atom stereocenters. The zero-order valence-electron chi connectivity index (χ0n) is 11.2. The van der Waals surface area contributed by atoms with Gasteiger partial charge >= 0.3 is 11.7 Å². The Labute approximate surface area is 111 Å². The fourth-order valence-corrected chi connectivity index (χ4v) is 1.58. The molecule has 0 bridgehead atoms. The number of rotatable bonds is 6. The van der Waals surface area contributed by atoms with E-state index in [1.807, 2.05) is 6.92 Å². The van der Waals surface area contributed by atoms with E-state index >= 15 is 0 Å². The highest BCUT2D eigenvalue weighted by Gasteiger charge is 2.19. The molecule has 0 saturated heterocycles. The van der Waals surface area contributed by atoms with Crippen molar-refractivity contribution in [1.29, 1.82) is 0 Å². The minimum atomic E-state index is -0.508. The van der Waals surface area contributed by atoms with Gasteiger partial charge in [-0.2, -0.15) is 0 Å². The molecule has 0 N–H and O–H groups in total. The van der Waals surface area contributed by atoms with E-state index in [1.54, 1.807) is 26.0 Å². The first-order chi connectivity index (χ1) is 8.93. The van der Waals surface area contributed by atoms with Gasteiger partial charge in [0.2, 0.25) is 0 Å². The minimum Gasteiger partial charge on any atom is -0.483 e. The summed E-state index contributed by atoms with van der Waals surface area (Å²) in [5.74, 6) is -0.216.